The van der Waals surface area contributed by atoms with Crippen LogP contribution in [0, 0.1) is 39.2 Å². The number of carboxylic acids is 2. The van der Waals surface area contributed by atoms with Crippen molar-refractivity contribution in [3.05, 3.63) is 10.1 Å². The van der Waals surface area contributed by atoms with Gasteiger partial charge in [0.1, 0.15) is 6.10 Å². The van der Waals surface area contributed by atoms with Crippen LogP contribution in [0.5, 0.6) is 0 Å². The standard InChI is InChI=1S/C33H53NO12/c1-33(2,20-43-24-10-14-26(15-11-24)46-44-18-21-5-3-4-6-27(21)30(35)36)19-42-23-8-12-25(13-9-23)45-32(39)28-16-7-22(34(40)41)17-29(28)31(37)38/h21-29H,3-20H2,1-2H3,(H,35,36)(H,37,38). The van der Waals surface area contributed by atoms with Gasteiger partial charge < -0.3 is 24.4 Å². The molecule has 0 aromatic heterocycles. The van der Waals surface area contributed by atoms with Crippen molar-refractivity contribution in [2.75, 3.05) is 19.8 Å². The Hall–Kier alpha value is -2.35. The van der Waals surface area contributed by atoms with Crippen LogP contribution >= 0.6 is 0 Å². The van der Waals surface area contributed by atoms with E-state index in [1.54, 1.807) is 0 Å². The molecule has 5 atom stereocenters. The fourth-order valence-electron chi connectivity index (χ4n) is 7.44. The van der Waals surface area contributed by atoms with Gasteiger partial charge in [0.2, 0.25) is 6.04 Å². The Balaban J connectivity index is 1.07. The predicted octanol–water partition coefficient (Wildman–Crippen LogP) is 5.20. The Labute approximate surface area is 271 Å². The monoisotopic (exact) mass is 655 g/mol. The summed E-state index contributed by atoms with van der Waals surface area (Å²) in [4.78, 5) is 57.9. The summed E-state index contributed by atoms with van der Waals surface area (Å²) in [5.74, 6) is -4.76. The molecule has 0 saturated heterocycles. The van der Waals surface area contributed by atoms with Crippen molar-refractivity contribution in [1.29, 1.82) is 0 Å². The molecule has 0 amide bonds. The number of aliphatic carboxylic acids is 2. The van der Waals surface area contributed by atoms with Crippen LogP contribution in [0.15, 0.2) is 0 Å². The third-order valence-corrected chi connectivity index (χ3v) is 10.4. The van der Waals surface area contributed by atoms with E-state index in [2.05, 4.69) is 13.8 Å². The Bertz CT molecular complexity index is 1020. The Kier molecular flexibility index (Phi) is 13.6. The molecule has 0 spiro atoms. The number of rotatable bonds is 15. The molecule has 0 aromatic carbocycles. The van der Waals surface area contributed by atoms with Gasteiger partial charge in [0.15, 0.2) is 0 Å². The topological polar surface area (TPSA) is 181 Å². The van der Waals surface area contributed by atoms with Crippen molar-refractivity contribution in [2.24, 2.45) is 29.1 Å². The van der Waals surface area contributed by atoms with E-state index in [0.717, 1.165) is 57.8 Å². The second-order valence-electron chi connectivity index (χ2n) is 14.7. The van der Waals surface area contributed by atoms with Gasteiger partial charge in [-0.1, -0.05) is 26.7 Å². The molecule has 46 heavy (non-hydrogen) atoms. The van der Waals surface area contributed by atoms with Gasteiger partial charge in [-0.3, -0.25) is 24.5 Å². The minimum absolute atomic E-state index is 0.000306. The molecule has 0 aliphatic heterocycles. The molecule has 0 radical (unpaired) electrons. The zero-order valence-electron chi connectivity index (χ0n) is 27.3. The van der Waals surface area contributed by atoms with Gasteiger partial charge in [-0.05, 0) is 76.5 Å². The SMILES string of the molecule is CC(C)(COC1CCC(OOCC2CCCCC2C(=O)O)CC1)COC1CCC(OC(=O)C2CCC([N+](=O)[O-])CC2C(=O)O)CC1. The number of hydrogen-bond acceptors (Lipinski definition) is 10. The highest BCUT2D eigenvalue weighted by molar-refractivity contribution is 5.81. The number of carboxylic acid groups (broad SMARTS) is 2. The van der Waals surface area contributed by atoms with E-state index in [4.69, 9.17) is 24.0 Å². The average Bonchev–Trinajstić information content (AvgIpc) is 3.04. The van der Waals surface area contributed by atoms with Crippen molar-refractivity contribution in [3.8, 4) is 0 Å². The largest absolute Gasteiger partial charge is 0.481 e. The van der Waals surface area contributed by atoms with Gasteiger partial charge in [0.05, 0.1) is 55.9 Å². The molecule has 4 aliphatic rings. The van der Waals surface area contributed by atoms with Crippen LogP contribution in [0.4, 0.5) is 0 Å². The second-order valence-corrected chi connectivity index (χ2v) is 14.7. The van der Waals surface area contributed by atoms with Crippen LogP contribution < -0.4 is 0 Å². The number of nitro groups is 1. The molecule has 13 nitrogen and oxygen atoms in total. The molecule has 2 N–H and O–H groups in total. The Morgan fingerprint density at radius 3 is 1.83 bits per heavy atom. The van der Waals surface area contributed by atoms with E-state index in [0.29, 0.717) is 39.1 Å². The van der Waals surface area contributed by atoms with Crippen LogP contribution in [0.25, 0.3) is 0 Å². The molecule has 0 bridgehead atoms. The quantitative estimate of drug-likeness (QED) is 0.102. The maximum atomic E-state index is 12.8. The molecule has 5 unspecified atom stereocenters. The lowest BCUT2D eigenvalue weighted by molar-refractivity contribution is -0.528. The maximum Gasteiger partial charge on any atom is 0.310 e. The van der Waals surface area contributed by atoms with E-state index in [1.165, 1.54) is 0 Å². The Morgan fingerprint density at radius 2 is 1.26 bits per heavy atom. The van der Waals surface area contributed by atoms with Crippen LogP contribution in [0.1, 0.15) is 110 Å². The normalized spacial score (nSPS) is 34.0. The summed E-state index contributed by atoms with van der Waals surface area (Å²) >= 11 is 0. The number of nitrogens with zero attached hydrogens (tertiary/aromatic N) is 1. The van der Waals surface area contributed by atoms with E-state index in [1.807, 2.05) is 0 Å². The summed E-state index contributed by atoms with van der Waals surface area (Å²) in [5.41, 5.74) is -0.186. The molecule has 4 saturated carbocycles. The third-order valence-electron chi connectivity index (χ3n) is 10.4. The fraction of sp³-hybridized carbons (Fsp3) is 0.909. The molecular formula is C33H53NO12. The first-order chi connectivity index (χ1) is 21.9. The zero-order chi connectivity index (χ0) is 33.3. The second kappa shape index (κ2) is 17.2. The first kappa shape index (κ1) is 36.5. The number of ether oxygens (including phenoxy) is 3. The molecule has 0 aromatic rings. The van der Waals surface area contributed by atoms with Crippen molar-refractivity contribution in [2.45, 2.75) is 141 Å². The summed E-state index contributed by atoms with van der Waals surface area (Å²) in [6.07, 6.45) is 9.78. The summed E-state index contributed by atoms with van der Waals surface area (Å²) in [6, 6.07) is -0.934. The maximum absolute atomic E-state index is 12.8. The molecule has 4 aliphatic carbocycles. The number of carbonyl (C=O) groups excluding carboxylic acids is 1. The zero-order valence-corrected chi connectivity index (χ0v) is 27.3. The number of carbonyl (C=O) groups is 3. The molecule has 13 heteroatoms. The van der Waals surface area contributed by atoms with Crippen molar-refractivity contribution >= 4 is 17.9 Å². The summed E-state index contributed by atoms with van der Waals surface area (Å²) in [6.45, 7) is 5.66. The van der Waals surface area contributed by atoms with Gasteiger partial charge in [-0.15, -0.1) is 0 Å². The van der Waals surface area contributed by atoms with Gasteiger partial charge in [0, 0.05) is 23.2 Å². The van der Waals surface area contributed by atoms with Crippen LogP contribution in [-0.4, -0.2) is 83.3 Å². The van der Waals surface area contributed by atoms with Gasteiger partial charge >= 0.3 is 17.9 Å². The van der Waals surface area contributed by atoms with Crippen LogP contribution in [0.2, 0.25) is 0 Å². The first-order valence-electron chi connectivity index (χ1n) is 17.2. The van der Waals surface area contributed by atoms with Crippen LogP contribution in [-0.2, 0) is 38.4 Å². The summed E-state index contributed by atoms with van der Waals surface area (Å²) in [5, 5.41) is 30.1. The minimum Gasteiger partial charge on any atom is -0.481 e. The molecular weight excluding hydrogens is 602 g/mol. The van der Waals surface area contributed by atoms with E-state index in [9.17, 15) is 34.7 Å². The minimum atomic E-state index is -1.19. The highest BCUT2D eigenvalue weighted by atomic mass is 17.2. The van der Waals surface area contributed by atoms with E-state index < -0.39 is 40.7 Å². The Morgan fingerprint density at radius 1 is 0.717 bits per heavy atom. The molecule has 262 valence electrons. The van der Waals surface area contributed by atoms with Crippen molar-refractivity contribution in [1.82, 2.24) is 0 Å². The van der Waals surface area contributed by atoms with Gasteiger partial charge in [-0.2, -0.15) is 0 Å². The smallest absolute Gasteiger partial charge is 0.310 e. The third kappa shape index (κ3) is 10.8. The summed E-state index contributed by atoms with van der Waals surface area (Å²) < 4.78 is 18.2. The number of hydrogen-bond donors (Lipinski definition) is 2. The van der Waals surface area contributed by atoms with E-state index >= 15 is 0 Å². The highest BCUT2D eigenvalue weighted by Crippen LogP contribution is 2.35. The molecule has 0 heterocycles. The van der Waals surface area contributed by atoms with E-state index in [-0.39, 0.29) is 60.9 Å². The molecule has 4 fully saturated rings. The van der Waals surface area contributed by atoms with Crippen LogP contribution in [0.3, 0.4) is 0 Å². The molecule has 4 rings (SSSR count). The first-order valence-corrected chi connectivity index (χ1v) is 17.2. The van der Waals surface area contributed by atoms with Crippen molar-refractivity contribution in [3.63, 3.8) is 0 Å². The lowest BCUT2D eigenvalue weighted by Crippen LogP contribution is -2.42. The van der Waals surface area contributed by atoms with Gasteiger partial charge in [0.25, 0.3) is 0 Å². The van der Waals surface area contributed by atoms with Crippen molar-refractivity contribution < 1.29 is 53.5 Å². The number of esters is 1. The lowest BCUT2D eigenvalue weighted by atomic mass is 9.77. The lowest BCUT2D eigenvalue weighted by Gasteiger charge is -2.34. The predicted molar refractivity (Wildman–Crippen MR) is 163 cm³/mol. The van der Waals surface area contributed by atoms with Gasteiger partial charge in [-0.25, -0.2) is 9.78 Å². The fourth-order valence-corrected chi connectivity index (χ4v) is 7.44. The average molecular weight is 656 g/mol. The highest BCUT2D eigenvalue weighted by Gasteiger charge is 2.45. The summed E-state index contributed by atoms with van der Waals surface area (Å²) in [7, 11) is 0.